The highest BCUT2D eigenvalue weighted by molar-refractivity contribution is 7.99. The van der Waals surface area contributed by atoms with Crippen molar-refractivity contribution < 1.29 is 19.1 Å². The van der Waals surface area contributed by atoms with Gasteiger partial charge in [0.25, 0.3) is 5.91 Å². The van der Waals surface area contributed by atoms with Gasteiger partial charge >= 0.3 is 0 Å². The standard InChI is InChI=1S/C23H22N6O4S2/c1-32-17-10-15(11-18(12-17)33-2)21(31)25-13-19-27-28-23(29(19)16-6-4-3-5-7-16)35-14-20(30)26-22-24-8-9-34-22/h3-12H,13-14H2,1-2H3,(H,25,31)(H,24,26,30). The maximum atomic E-state index is 12.8. The molecule has 0 atom stereocenters. The van der Waals surface area contributed by atoms with Gasteiger partial charge in [-0.05, 0) is 24.3 Å². The zero-order valence-corrected chi connectivity index (χ0v) is 20.6. The molecule has 2 aromatic heterocycles. The maximum Gasteiger partial charge on any atom is 0.251 e. The van der Waals surface area contributed by atoms with Gasteiger partial charge in [0, 0.05) is 28.9 Å². The lowest BCUT2D eigenvalue weighted by molar-refractivity contribution is -0.113. The number of rotatable bonds is 10. The van der Waals surface area contributed by atoms with Crippen LogP contribution in [-0.2, 0) is 11.3 Å². The zero-order chi connectivity index (χ0) is 24.6. The number of thiazole rings is 1. The SMILES string of the molecule is COc1cc(OC)cc(C(=O)NCc2nnc(SCC(=O)Nc3nccs3)n2-c2ccccc2)c1. The molecule has 180 valence electrons. The summed E-state index contributed by atoms with van der Waals surface area (Å²) in [7, 11) is 3.05. The number of hydrogen-bond acceptors (Lipinski definition) is 9. The number of anilines is 1. The molecule has 0 aliphatic carbocycles. The van der Waals surface area contributed by atoms with Crippen LogP contribution in [0.15, 0.2) is 65.3 Å². The number of amides is 2. The quantitative estimate of drug-likeness (QED) is 0.312. The summed E-state index contributed by atoms with van der Waals surface area (Å²) in [6.45, 7) is 0.117. The summed E-state index contributed by atoms with van der Waals surface area (Å²) in [5, 5.41) is 17.0. The first-order chi connectivity index (χ1) is 17.1. The monoisotopic (exact) mass is 510 g/mol. The Hall–Kier alpha value is -3.90. The van der Waals surface area contributed by atoms with Crippen molar-refractivity contribution in [3.8, 4) is 17.2 Å². The number of para-hydroxylation sites is 1. The highest BCUT2D eigenvalue weighted by Gasteiger charge is 2.18. The molecule has 4 rings (SSSR count). The summed E-state index contributed by atoms with van der Waals surface area (Å²) in [6.07, 6.45) is 1.63. The van der Waals surface area contributed by atoms with E-state index in [0.29, 0.717) is 33.2 Å². The van der Waals surface area contributed by atoms with E-state index in [4.69, 9.17) is 9.47 Å². The zero-order valence-electron chi connectivity index (χ0n) is 18.9. The number of carbonyl (C=O) groups is 2. The van der Waals surface area contributed by atoms with Crippen molar-refractivity contribution in [2.75, 3.05) is 25.3 Å². The van der Waals surface area contributed by atoms with Crippen LogP contribution in [0, 0.1) is 0 Å². The Kier molecular flexibility index (Phi) is 7.95. The lowest BCUT2D eigenvalue weighted by atomic mass is 10.2. The number of methoxy groups -OCH3 is 2. The molecular weight excluding hydrogens is 488 g/mol. The lowest BCUT2D eigenvalue weighted by Gasteiger charge is -2.12. The van der Waals surface area contributed by atoms with Gasteiger partial charge in [-0.15, -0.1) is 21.5 Å². The first-order valence-electron chi connectivity index (χ1n) is 10.4. The summed E-state index contributed by atoms with van der Waals surface area (Å²) in [5.74, 6) is 1.15. The molecule has 0 aliphatic heterocycles. The Morgan fingerprint density at radius 1 is 1.06 bits per heavy atom. The number of aromatic nitrogens is 4. The fourth-order valence-corrected chi connectivity index (χ4v) is 4.43. The van der Waals surface area contributed by atoms with Gasteiger partial charge in [-0.1, -0.05) is 30.0 Å². The van der Waals surface area contributed by atoms with Gasteiger partial charge in [0.1, 0.15) is 11.5 Å². The molecule has 0 bridgehead atoms. The van der Waals surface area contributed by atoms with E-state index in [1.807, 2.05) is 34.9 Å². The van der Waals surface area contributed by atoms with Crippen LogP contribution in [0.3, 0.4) is 0 Å². The highest BCUT2D eigenvalue weighted by atomic mass is 32.2. The molecule has 35 heavy (non-hydrogen) atoms. The van der Waals surface area contributed by atoms with E-state index in [1.165, 1.54) is 37.3 Å². The van der Waals surface area contributed by atoms with Gasteiger partial charge in [0.15, 0.2) is 16.1 Å². The molecule has 0 aliphatic rings. The second kappa shape index (κ2) is 11.5. The molecule has 2 N–H and O–H groups in total. The molecule has 12 heteroatoms. The van der Waals surface area contributed by atoms with Crippen molar-refractivity contribution in [1.82, 2.24) is 25.1 Å². The minimum Gasteiger partial charge on any atom is -0.497 e. The first-order valence-corrected chi connectivity index (χ1v) is 12.3. The summed E-state index contributed by atoms with van der Waals surface area (Å²) in [6, 6.07) is 14.4. The summed E-state index contributed by atoms with van der Waals surface area (Å²) in [5.41, 5.74) is 1.20. The smallest absolute Gasteiger partial charge is 0.251 e. The molecule has 2 heterocycles. The molecule has 0 radical (unpaired) electrons. The van der Waals surface area contributed by atoms with E-state index >= 15 is 0 Å². The molecule has 0 saturated carbocycles. The van der Waals surface area contributed by atoms with Gasteiger partial charge in [-0.3, -0.25) is 14.2 Å². The Morgan fingerprint density at radius 2 is 1.80 bits per heavy atom. The van der Waals surface area contributed by atoms with Crippen molar-refractivity contribution >= 4 is 40.0 Å². The van der Waals surface area contributed by atoms with Crippen LogP contribution in [0.5, 0.6) is 11.5 Å². The second-order valence-electron chi connectivity index (χ2n) is 7.03. The predicted molar refractivity (Wildman–Crippen MR) is 134 cm³/mol. The Balaban J connectivity index is 1.50. The summed E-state index contributed by atoms with van der Waals surface area (Å²) in [4.78, 5) is 29.2. The Bertz CT molecular complexity index is 1270. The van der Waals surface area contributed by atoms with Gasteiger partial charge < -0.3 is 20.1 Å². The fraction of sp³-hybridized carbons (Fsp3) is 0.174. The third-order valence-corrected chi connectivity index (χ3v) is 6.36. The van der Waals surface area contributed by atoms with Gasteiger partial charge in [0.05, 0.1) is 26.5 Å². The highest BCUT2D eigenvalue weighted by Crippen LogP contribution is 2.24. The molecule has 0 saturated heterocycles. The van der Waals surface area contributed by atoms with Crippen LogP contribution >= 0.6 is 23.1 Å². The summed E-state index contributed by atoms with van der Waals surface area (Å²) >= 11 is 2.59. The number of hydrogen-bond donors (Lipinski definition) is 2. The van der Waals surface area contributed by atoms with Gasteiger partial charge in [-0.25, -0.2) is 4.98 Å². The topological polar surface area (TPSA) is 120 Å². The van der Waals surface area contributed by atoms with Crippen molar-refractivity contribution in [2.24, 2.45) is 0 Å². The van der Waals surface area contributed by atoms with E-state index in [2.05, 4.69) is 25.8 Å². The Labute approximate surface area is 209 Å². The van der Waals surface area contributed by atoms with Crippen molar-refractivity contribution in [3.05, 3.63) is 71.5 Å². The van der Waals surface area contributed by atoms with E-state index < -0.39 is 0 Å². The number of carbonyl (C=O) groups excluding carboxylic acids is 2. The molecule has 10 nitrogen and oxygen atoms in total. The molecule has 4 aromatic rings. The normalized spacial score (nSPS) is 10.6. The minimum atomic E-state index is -0.318. The molecule has 2 amide bonds. The molecule has 2 aromatic carbocycles. The number of nitrogens with zero attached hydrogens (tertiary/aromatic N) is 4. The Morgan fingerprint density at radius 3 is 2.46 bits per heavy atom. The second-order valence-corrected chi connectivity index (χ2v) is 8.86. The van der Waals surface area contributed by atoms with E-state index in [-0.39, 0.29) is 24.1 Å². The number of nitrogens with one attached hydrogen (secondary N) is 2. The van der Waals surface area contributed by atoms with E-state index in [0.717, 1.165) is 5.69 Å². The van der Waals surface area contributed by atoms with Crippen LogP contribution in [0.4, 0.5) is 5.13 Å². The third kappa shape index (κ3) is 6.16. The maximum absolute atomic E-state index is 12.8. The average Bonchev–Trinajstić information content (AvgIpc) is 3.55. The van der Waals surface area contributed by atoms with Crippen LogP contribution < -0.4 is 20.1 Å². The minimum absolute atomic E-state index is 0.117. The van der Waals surface area contributed by atoms with Crippen LogP contribution in [-0.4, -0.2) is 51.5 Å². The van der Waals surface area contributed by atoms with Crippen molar-refractivity contribution in [1.29, 1.82) is 0 Å². The van der Waals surface area contributed by atoms with Crippen LogP contribution in [0.25, 0.3) is 5.69 Å². The largest absolute Gasteiger partial charge is 0.497 e. The lowest BCUT2D eigenvalue weighted by Crippen LogP contribution is -2.24. The van der Waals surface area contributed by atoms with E-state index in [9.17, 15) is 9.59 Å². The van der Waals surface area contributed by atoms with Crippen LogP contribution in [0.1, 0.15) is 16.2 Å². The number of thioether (sulfide) groups is 1. The predicted octanol–water partition coefficient (Wildman–Crippen LogP) is 3.40. The first kappa shape index (κ1) is 24.2. The summed E-state index contributed by atoms with van der Waals surface area (Å²) < 4.78 is 12.3. The molecule has 0 fully saturated rings. The van der Waals surface area contributed by atoms with Crippen molar-refractivity contribution in [3.63, 3.8) is 0 Å². The van der Waals surface area contributed by atoms with Crippen molar-refractivity contribution in [2.45, 2.75) is 11.7 Å². The third-order valence-electron chi connectivity index (χ3n) is 4.75. The average molecular weight is 511 g/mol. The fourth-order valence-electron chi connectivity index (χ4n) is 3.12. The number of benzene rings is 2. The van der Waals surface area contributed by atoms with Crippen LogP contribution in [0.2, 0.25) is 0 Å². The molecule has 0 spiro atoms. The van der Waals surface area contributed by atoms with E-state index in [1.54, 1.807) is 29.8 Å². The molecule has 0 unspecified atom stereocenters. The van der Waals surface area contributed by atoms with Gasteiger partial charge in [0.2, 0.25) is 5.91 Å². The van der Waals surface area contributed by atoms with Gasteiger partial charge in [-0.2, -0.15) is 0 Å². The number of ether oxygens (including phenoxy) is 2. The molecular formula is C23H22N6O4S2.